The Kier molecular flexibility index (Phi) is 3.43. The van der Waals surface area contributed by atoms with Crippen LogP contribution in [0.15, 0.2) is 16.5 Å². The van der Waals surface area contributed by atoms with Gasteiger partial charge in [0, 0.05) is 0 Å². The van der Waals surface area contributed by atoms with E-state index in [1.807, 2.05) is 38.1 Å². The summed E-state index contributed by atoms with van der Waals surface area (Å²) in [5.41, 5.74) is -0.895. The topological polar surface area (TPSA) is 53.7 Å². The summed E-state index contributed by atoms with van der Waals surface area (Å²) in [5.74, 6) is 0.651. The maximum atomic E-state index is 11.3. The molecule has 90 valence electrons. The Morgan fingerprint density at radius 2 is 2.00 bits per heavy atom. The number of aryl methyl sites for hydroxylation is 1. The van der Waals surface area contributed by atoms with Crippen LogP contribution < -0.4 is 0 Å². The molecular weight excluding hydrogens is 206 g/mol. The van der Waals surface area contributed by atoms with Gasteiger partial charge in [0.1, 0.15) is 11.5 Å². The van der Waals surface area contributed by atoms with E-state index in [1.54, 1.807) is 13.8 Å². The van der Waals surface area contributed by atoms with Gasteiger partial charge in [-0.25, -0.2) is 0 Å². The maximum Gasteiger partial charge on any atom is 0.311 e. The SMILES string of the molecule is Cc1ccc(C(N(C)C)C(C)(C)C(=O)O)o1. The first-order chi connectivity index (χ1) is 7.26. The van der Waals surface area contributed by atoms with Crippen LogP contribution >= 0.6 is 0 Å². The molecule has 1 heterocycles. The van der Waals surface area contributed by atoms with Crippen molar-refractivity contribution < 1.29 is 14.3 Å². The van der Waals surface area contributed by atoms with Crippen LogP contribution in [0.2, 0.25) is 0 Å². The molecule has 0 aliphatic heterocycles. The Balaban J connectivity index is 3.15. The summed E-state index contributed by atoms with van der Waals surface area (Å²) < 4.78 is 5.54. The fourth-order valence-electron chi connectivity index (χ4n) is 1.97. The maximum absolute atomic E-state index is 11.3. The van der Waals surface area contributed by atoms with Gasteiger partial charge in [-0.05, 0) is 47.0 Å². The number of hydrogen-bond acceptors (Lipinski definition) is 3. The first kappa shape index (κ1) is 12.8. The minimum Gasteiger partial charge on any atom is -0.481 e. The zero-order valence-electron chi connectivity index (χ0n) is 10.4. The number of nitrogens with zero attached hydrogens (tertiary/aromatic N) is 1. The molecule has 0 spiro atoms. The van der Waals surface area contributed by atoms with Gasteiger partial charge in [0.15, 0.2) is 0 Å². The number of rotatable bonds is 4. The Morgan fingerprint density at radius 1 is 1.44 bits per heavy atom. The van der Waals surface area contributed by atoms with Crippen molar-refractivity contribution in [2.45, 2.75) is 26.8 Å². The molecule has 4 nitrogen and oxygen atoms in total. The second kappa shape index (κ2) is 4.29. The minimum atomic E-state index is -0.895. The van der Waals surface area contributed by atoms with Gasteiger partial charge >= 0.3 is 5.97 Å². The lowest BCUT2D eigenvalue weighted by atomic mass is 9.82. The zero-order valence-corrected chi connectivity index (χ0v) is 10.4. The molecule has 1 rings (SSSR count). The Bertz CT molecular complexity index is 379. The van der Waals surface area contributed by atoms with E-state index >= 15 is 0 Å². The molecule has 1 N–H and O–H groups in total. The van der Waals surface area contributed by atoms with Gasteiger partial charge in [0.05, 0.1) is 11.5 Å². The van der Waals surface area contributed by atoms with Crippen molar-refractivity contribution in [1.82, 2.24) is 4.90 Å². The molecule has 4 heteroatoms. The first-order valence-corrected chi connectivity index (χ1v) is 5.23. The zero-order chi connectivity index (χ0) is 12.5. The quantitative estimate of drug-likeness (QED) is 0.854. The molecule has 0 aliphatic carbocycles. The van der Waals surface area contributed by atoms with E-state index in [9.17, 15) is 9.90 Å². The lowest BCUT2D eigenvalue weighted by molar-refractivity contribution is -0.151. The van der Waals surface area contributed by atoms with E-state index in [1.165, 1.54) is 0 Å². The van der Waals surface area contributed by atoms with Crippen LogP contribution in [0.1, 0.15) is 31.4 Å². The predicted molar refractivity (Wildman–Crippen MR) is 61.3 cm³/mol. The molecule has 0 saturated carbocycles. The second-order valence-electron chi connectivity index (χ2n) is 4.84. The smallest absolute Gasteiger partial charge is 0.311 e. The monoisotopic (exact) mass is 225 g/mol. The van der Waals surface area contributed by atoms with Crippen molar-refractivity contribution in [2.75, 3.05) is 14.1 Å². The van der Waals surface area contributed by atoms with Crippen LogP contribution in [0.5, 0.6) is 0 Å². The molecule has 16 heavy (non-hydrogen) atoms. The van der Waals surface area contributed by atoms with Crippen LogP contribution in [0.3, 0.4) is 0 Å². The van der Waals surface area contributed by atoms with Crippen molar-refractivity contribution in [2.24, 2.45) is 5.41 Å². The molecule has 0 aromatic carbocycles. The predicted octanol–water partition coefficient (Wildman–Crippen LogP) is 2.30. The average molecular weight is 225 g/mol. The standard InChI is InChI=1S/C12H19NO3/c1-8-6-7-9(16-8)10(13(4)5)12(2,3)11(14)15/h6-7,10H,1-5H3,(H,14,15). The summed E-state index contributed by atoms with van der Waals surface area (Å²) in [6.45, 7) is 5.26. The molecular formula is C12H19NO3. The fourth-order valence-corrected chi connectivity index (χ4v) is 1.97. The summed E-state index contributed by atoms with van der Waals surface area (Å²) in [6.07, 6.45) is 0. The first-order valence-electron chi connectivity index (χ1n) is 5.23. The van der Waals surface area contributed by atoms with E-state index in [-0.39, 0.29) is 6.04 Å². The Labute approximate surface area is 95.9 Å². The summed E-state index contributed by atoms with van der Waals surface area (Å²) >= 11 is 0. The molecule has 0 radical (unpaired) electrons. The van der Waals surface area contributed by atoms with Crippen LogP contribution in [-0.2, 0) is 4.79 Å². The summed E-state index contributed by atoms with van der Waals surface area (Å²) in [4.78, 5) is 13.1. The lowest BCUT2D eigenvalue weighted by Crippen LogP contribution is -2.39. The molecule has 0 fully saturated rings. The number of hydrogen-bond donors (Lipinski definition) is 1. The molecule has 0 amide bonds. The Hall–Kier alpha value is -1.29. The van der Waals surface area contributed by atoms with Crippen LogP contribution in [0, 0.1) is 12.3 Å². The van der Waals surface area contributed by atoms with Crippen molar-refractivity contribution in [3.8, 4) is 0 Å². The van der Waals surface area contributed by atoms with Crippen LogP contribution in [0.4, 0.5) is 0 Å². The highest BCUT2D eigenvalue weighted by atomic mass is 16.4. The lowest BCUT2D eigenvalue weighted by Gasteiger charge is -2.33. The van der Waals surface area contributed by atoms with Gasteiger partial charge in [-0.1, -0.05) is 0 Å². The highest BCUT2D eigenvalue weighted by molar-refractivity contribution is 5.74. The van der Waals surface area contributed by atoms with E-state index in [2.05, 4.69) is 0 Å². The van der Waals surface area contributed by atoms with Gasteiger partial charge in [-0.3, -0.25) is 9.69 Å². The second-order valence-corrected chi connectivity index (χ2v) is 4.84. The van der Waals surface area contributed by atoms with Crippen molar-refractivity contribution >= 4 is 5.97 Å². The summed E-state index contributed by atoms with van der Waals surface area (Å²) in [6, 6.07) is 3.41. The summed E-state index contributed by atoms with van der Waals surface area (Å²) in [7, 11) is 3.71. The minimum absolute atomic E-state index is 0.279. The molecule has 0 saturated heterocycles. The fraction of sp³-hybridized carbons (Fsp3) is 0.583. The van der Waals surface area contributed by atoms with Gasteiger partial charge in [0.25, 0.3) is 0 Å². The third kappa shape index (κ3) is 2.27. The van der Waals surface area contributed by atoms with Crippen LogP contribution in [0.25, 0.3) is 0 Å². The number of aliphatic carboxylic acids is 1. The third-order valence-electron chi connectivity index (χ3n) is 2.78. The molecule has 1 aromatic heterocycles. The number of carbonyl (C=O) groups is 1. The highest BCUT2D eigenvalue weighted by Gasteiger charge is 2.41. The van der Waals surface area contributed by atoms with E-state index in [0.717, 1.165) is 5.76 Å². The third-order valence-corrected chi connectivity index (χ3v) is 2.78. The highest BCUT2D eigenvalue weighted by Crippen LogP contribution is 2.37. The number of furan rings is 1. The average Bonchev–Trinajstić information content (AvgIpc) is 2.50. The van der Waals surface area contributed by atoms with E-state index in [4.69, 9.17) is 4.42 Å². The number of carboxylic acid groups (broad SMARTS) is 1. The largest absolute Gasteiger partial charge is 0.481 e. The van der Waals surface area contributed by atoms with Gasteiger partial charge < -0.3 is 9.52 Å². The molecule has 1 unspecified atom stereocenters. The van der Waals surface area contributed by atoms with Crippen molar-refractivity contribution in [1.29, 1.82) is 0 Å². The van der Waals surface area contributed by atoms with E-state index in [0.29, 0.717) is 5.76 Å². The Morgan fingerprint density at radius 3 is 2.31 bits per heavy atom. The van der Waals surface area contributed by atoms with Gasteiger partial charge in [-0.15, -0.1) is 0 Å². The van der Waals surface area contributed by atoms with Gasteiger partial charge in [-0.2, -0.15) is 0 Å². The van der Waals surface area contributed by atoms with E-state index < -0.39 is 11.4 Å². The van der Waals surface area contributed by atoms with Gasteiger partial charge in [0.2, 0.25) is 0 Å². The normalized spacial score (nSPS) is 14.1. The van der Waals surface area contributed by atoms with Crippen molar-refractivity contribution in [3.63, 3.8) is 0 Å². The molecule has 1 aromatic rings. The number of carboxylic acids is 1. The van der Waals surface area contributed by atoms with Crippen molar-refractivity contribution in [3.05, 3.63) is 23.7 Å². The summed E-state index contributed by atoms with van der Waals surface area (Å²) in [5, 5.41) is 9.26. The van der Waals surface area contributed by atoms with Crippen LogP contribution in [-0.4, -0.2) is 30.1 Å². The molecule has 0 aliphatic rings. The molecule has 0 bridgehead atoms. The molecule has 1 atom stereocenters.